The lowest BCUT2D eigenvalue weighted by atomic mass is 10.1. The highest BCUT2D eigenvalue weighted by Crippen LogP contribution is 2.31. The van der Waals surface area contributed by atoms with Crippen LogP contribution in [0.4, 0.5) is 0 Å². The Labute approximate surface area is 155 Å². The summed E-state index contributed by atoms with van der Waals surface area (Å²) in [5.41, 5.74) is 1.77. The molecule has 0 amide bonds. The van der Waals surface area contributed by atoms with Crippen LogP contribution < -0.4 is 9.47 Å². The molecule has 0 aromatic heterocycles. The van der Waals surface area contributed by atoms with E-state index in [0.717, 1.165) is 15.8 Å². The number of carbonyl (C=O) groups is 1. The second kappa shape index (κ2) is 7.99. The number of rotatable bonds is 6. The second-order valence-corrected chi connectivity index (χ2v) is 6.40. The van der Waals surface area contributed by atoms with Gasteiger partial charge in [0.2, 0.25) is 0 Å². The Balaban J connectivity index is 1.63. The molecule has 0 fully saturated rings. The molecule has 0 aliphatic carbocycles. The molecule has 4 heteroatoms. The van der Waals surface area contributed by atoms with Crippen LogP contribution in [0.3, 0.4) is 0 Å². The molecule has 0 saturated heterocycles. The first-order valence-corrected chi connectivity index (χ1v) is 8.66. The van der Waals surface area contributed by atoms with Crippen molar-refractivity contribution in [3.8, 4) is 17.2 Å². The molecule has 3 aromatic rings. The lowest BCUT2D eigenvalue weighted by Crippen LogP contribution is -1.95. The predicted molar refractivity (Wildman–Crippen MR) is 101 cm³/mol. The van der Waals surface area contributed by atoms with Gasteiger partial charge in [-0.3, -0.25) is 4.79 Å². The van der Waals surface area contributed by atoms with E-state index in [4.69, 9.17) is 9.47 Å². The fourth-order valence-corrected chi connectivity index (χ4v) is 2.73. The van der Waals surface area contributed by atoms with Crippen LogP contribution in [0.15, 0.2) is 77.3 Å². The van der Waals surface area contributed by atoms with Crippen molar-refractivity contribution >= 4 is 21.7 Å². The molecule has 0 atom stereocenters. The monoisotopic (exact) mass is 396 g/mol. The predicted octanol–water partition coefficient (Wildman–Crippen LogP) is 6.02. The van der Waals surface area contributed by atoms with Crippen molar-refractivity contribution in [3.63, 3.8) is 0 Å². The van der Waals surface area contributed by atoms with Crippen molar-refractivity contribution in [3.05, 3.63) is 88.4 Å². The molecule has 3 nitrogen and oxygen atoms in total. The zero-order valence-electron chi connectivity index (χ0n) is 13.7. The SMILES string of the molecule is CC(=O)c1ccc(Oc2ccc(OCc3ccccc3)cc2)c(Br)c1. The number of ketones is 1. The highest BCUT2D eigenvalue weighted by Gasteiger charge is 2.07. The summed E-state index contributed by atoms with van der Waals surface area (Å²) >= 11 is 3.44. The van der Waals surface area contributed by atoms with Gasteiger partial charge in [0.05, 0.1) is 4.47 Å². The lowest BCUT2D eigenvalue weighted by Gasteiger charge is -2.10. The van der Waals surface area contributed by atoms with Crippen LogP contribution in [0.25, 0.3) is 0 Å². The number of hydrogen-bond acceptors (Lipinski definition) is 3. The van der Waals surface area contributed by atoms with Gasteiger partial charge in [-0.25, -0.2) is 0 Å². The van der Waals surface area contributed by atoms with E-state index in [2.05, 4.69) is 15.9 Å². The average molecular weight is 397 g/mol. The van der Waals surface area contributed by atoms with Gasteiger partial charge in [-0.1, -0.05) is 30.3 Å². The first kappa shape index (κ1) is 17.2. The third kappa shape index (κ3) is 4.70. The summed E-state index contributed by atoms with van der Waals surface area (Å²) in [5, 5.41) is 0. The van der Waals surface area contributed by atoms with Crippen LogP contribution in [0.5, 0.6) is 17.2 Å². The maximum atomic E-state index is 11.4. The van der Waals surface area contributed by atoms with Gasteiger partial charge in [0.1, 0.15) is 23.9 Å². The summed E-state index contributed by atoms with van der Waals surface area (Å²) < 4.78 is 12.3. The Morgan fingerprint density at radius 3 is 2.24 bits per heavy atom. The number of halogens is 1. The number of ether oxygens (including phenoxy) is 2. The fourth-order valence-electron chi connectivity index (χ4n) is 2.27. The van der Waals surface area contributed by atoms with Crippen molar-refractivity contribution in [2.24, 2.45) is 0 Å². The third-order valence-electron chi connectivity index (χ3n) is 3.64. The lowest BCUT2D eigenvalue weighted by molar-refractivity contribution is 0.101. The minimum atomic E-state index is 0.0205. The summed E-state index contributed by atoms with van der Waals surface area (Å²) in [6.45, 7) is 2.07. The van der Waals surface area contributed by atoms with Gasteiger partial charge in [-0.2, -0.15) is 0 Å². The molecule has 0 bridgehead atoms. The highest BCUT2D eigenvalue weighted by atomic mass is 79.9. The van der Waals surface area contributed by atoms with Gasteiger partial charge < -0.3 is 9.47 Å². The maximum Gasteiger partial charge on any atom is 0.159 e. The Kier molecular flexibility index (Phi) is 5.51. The summed E-state index contributed by atoms with van der Waals surface area (Å²) in [6.07, 6.45) is 0. The molecule has 0 saturated carbocycles. The van der Waals surface area contributed by atoms with Crippen molar-refractivity contribution in [2.45, 2.75) is 13.5 Å². The molecular formula is C21H17BrO3. The number of Topliss-reactive ketones (excluding diaryl/α,β-unsaturated/α-hetero) is 1. The minimum absolute atomic E-state index is 0.0205. The van der Waals surface area contributed by atoms with E-state index < -0.39 is 0 Å². The van der Waals surface area contributed by atoms with E-state index in [0.29, 0.717) is 23.7 Å². The zero-order chi connectivity index (χ0) is 17.6. The normalized spacial score (nSPS) is 10.3. The van der Waals surface area contributed by atoms with Gasteiger partial charge >= 0.3 is 0 Å². The first-order valence-electron chi connectivity index (χ1n) is 7.87. The summed E-state index contributed by atoms with van der Waals surface area (Å²) in [7, 11) is 0. The van der Waals surface area contributed by atoms with Crippen molar-refractivity contribution in [1.29, 1.82) is 0 Å². The topological polar surface area (TPSA) is 35.5 Å². The third-order valence-corrected chi connectivity index (χ3v) is 4.26. The van der Waals surface area contributed by atoms with Gasteiger partial charge in [0.15, 0.2) is 5.78 Å². The smallest absolute Gasteiger partial charge is 0.159 e. The van der Waals surface area contributed by atoms with Gasteiger partial charge in [0.25, 0.3) is 0 Å². The summed E-state index contributed by atoms with van der Waals surface area (Å²) in [6, 6.07) is 22.8. The largest absolute Gasteiger partial charge is 0.489 e. The van der Waals surface area contributed by atoms with E-state index in [1.165, 1.54) is 6.92 Å². The number of hydrogen-bond donors (Lipinski definition) is 0. The van der Waals surface area contributed by atoms with E-state index in [-0.39, 0.29) is 5.78 Å². The molecule has 3 rings (SSSR count). The van der Waals surface area contributed by atoms with Crippen molar-refractivity contribution < 1.29 is 14.3 Å². The van der Waals surface area contributed by atoms with Crippen LogP contribution in [-0.4, -0.2) is 5.78 Å². The van der Waals surface area contributed by atoms with E-state index >= 15 is 0 Å². The molecule has 0 heterocycles. The Bertz CT molecular complexity index is 858. The molecule has 0 spiro atoms. The van der Waals surface area contributed by atoms with Crippen molar-refractivity contribution in [2.75, 3.05) is 0 Å². The van der Waals surface area contributed by atoms with E-state index in [1.807, 2.05) is 54.6 Å². The Hall–Kier alpha value is -2.59. The molecule has 0 unspecified atom stereocenters. The molecular weight excluding hydrogens is 380 g/mol. The molecule has 0 N–H and O–H groups in total. The Morgan fingerprint density at radius 1 is 0.920 bits per heavy atom. The van der Waals surface area contributed by atoms with E-state index in [1.54, 1.807) is 18.2 Å². The molecule has 0 radical (unpaired) electrons. The van der Waals surface area contributed by atoms with Crippen LogP contribution in [0.2, 0.25) is 0 Å². The van der Waals surface area contributed by atoms with Gasteiger partial charge in [-0.05, 0) is 70.9 Å². The van der Waals surface area contributed by atoms with Crippen molar-refractivity contribution in [1.82, 2.24) is 0 Å². The average Bonchev–Trinajstić information content (AvgIpc) is 2.63. The summed E-state index contributed by atoms with van der Waals surface area (Å²) in [5.74, 6) is 2.15. The zero-order valence-corrected chi connectivity index (χ0v) is 15.3. The van der Waals surface area contributed by atoms with E-state index in [9.17, 15) is 4.79 Å². The van der Waals surface area contributed by atoms with Crippen LogP contribution in [-0.2, 0) is 6.61 Å². The van der Waals surface area contributed by atoms with Crippen LogP contribution in [0, 0.1) is 0 Å². The molecule has 3 aromatic carbocycles. The van der Waals surface area contributed by atoms with Crippen LogP contribution >= 0.6 is 15.9 Å². The molecule has 0 aliphatic heterocycles. The minimum Gasteiger partial charge on any atom is -0.489 e. The molecule has 0 aliphatic rings. The Morgan fingerprint density at radius 2 is 1.60 bits per heavy atom. The number of carbonyl (C=O) groups excluding carboxylic acids is 1. The quantitative estimate of drug-likeness (QED) is 0.477. The standard InChI is InChI=1S/C21H17BrO3/c1-15(23)17-7-12-21(20(22)13-17)25-19-10-8-18(9-11-19)24-14-16-5-3-2-4-6-16/h2-13H,14H2,1H3. The fraction of sp³-hybridized carbons (Fsp3) is 0.0952. The first-order chi connectivity index (χ1) is 12.1. The van der Waals surface area contributed by atoms with Gasteiger partial charge in [-0.15, -0.1) is 0 Å². The molecule has 25 heavy (non-hydrogen) atoms. The maximum absolute atomic E-state index is 11.4. The number of benzene rings is 3. The highest BCUT2D eigenvalue weighted by molar-refractivity contribution is 9.10. The molecule has 126 valence electrons. The van der Waals surface area contributed by atoms with Gasteiger partial charge in [0, 0.05) is 5.56 Å². The summed E-state index contributed by atoms with van der Waals surface area (Å²) in [4.78, 5) is 11.4. The second-order valence-electron chi connectivity index (χ2n) is 5.55. The van der Waals surface area contributed by atoms with Crippen LogP contribution in [0.1, 0.15) is 22.8 Å².